The number of H-pyrrole nitrogens is 1. The van der Waals surface area contributed by atoms with Crippen molar-refractivity contribution in [1.82, 2.24) is 34.7 Å². The summed E-state index contributed by atoms with van der Waals surface area (Å²) in [5.74, 6) is 0.758. The first-order valence-electron chi connectivity index (χ1n) is 11.7. The molecule has 0 spiro atoms. The van der Waals surface area contributed by atoms with Gasteiger partial charge in [-0.3, -0.25) is 14.4 Å². The molecule has 14 heteroatoms. The number of amides is 3. The number of pyridine rings is 1. The normalized spacial score (nSPS) is 11.9. The van der Waals surface area contributed by atoms with Gasteiger partial charge in [-0.2, -0.15) is 0 Å². The zero-order valence-corrected chi connectivity index (χ0v) is 21.8. The van der Waals surface area contributed by atoms with Crippen molar-refractivity contribution in [2.45, 2.75) is 32.4 Å². The second kappa shape index (κ2) is 12.0. The van der Waals surface area contributed by atoms with E-state index >= 15 is 0 Å². The van der Waals surface area contributed by atoms with Gasteiger partial charge in [0, 0.05) is 34.4 Å². The highest BCUT2D eigenvalue weighted by molar-refractivity contribution is 5.96. The number of aromatic nitrogens is 5. The molecule has 0 aliphatic heterocycles. The van der Waals surface area contributed by atoms with Gasteiger partial charge in [0.2, 0.25) is 11.8 Å². The molecular weight excluding hydrogens is 494 g/mol. The number of nitrogens with zero attached hydrogens (tertiary/aromatic N) is 6. The number of allylic oxidation sites excluding steroid dienone is 1. The standard InChI is InChI=1S/C24H31N9O5/c1-14-25-20-19(21(26-14)32(4)5)29-17(30-20)13-33-12-8-10-16(23(33)36)27-22(35)15(28-24(37)38)9-6-7-11-18(34)31(2)3/h7-8,10-12,15,28H,6,9,13H2,1-5H3,(H,27,35)(H,37,38)(H,25,26,29,30). The Labute approximate surface area is 218 Å². The molecule has 0 saturated heterocycles. The number of carboxylic acid groups (broad SMARTS) is 1. The predicted molar refractivity (Wildman–Crippen MR) is 141 cm³/mol. The van der Waals surface area contributed by atoms with Crippen LogP contribution in [0.15, 0.2) is 35.3 Å². The molecule has 0 aromatic carbocycles. The zero-order chi connectivity index (χ0) is 28.0. The van der Waals surface area contributed by atoms with Gasteiger partial charge in [-0.1, -0.05) is 6.08 Å². The number of hydrogen-bond acceptors (Lipinski definition) is 8. The van der Waals surface area contributed by atoms with Crippen LogP contribution in [0.5, 0.6) is 0 Å². The number of anilines is 2. The molecule has 0 saturated carbocycles. The van der Waals surface area contributed by atoms with Gasteiger partial charge in [0.05, 0.1) is 6.54 Å². The fraction of sp³-hybridized carbons (Fsp3) is 0.375. The minimum absolute atomic E-state index is 0.0197. The maximum atomic E-state index is 13.1. The predicted octanol–water partition coefficient (Wildman–Crippen LogP) is 0.937. The van der Waals surface area contributed by atoms with Gasteiger partial charge in [0.25, 0.3) is 5.56 Å². The molecular formula is C24H31N9O5. The second-order valence-electron chi connectivity index (χ2n) is 8.93. The molecule has 0 aliphatic rings. The summed E-state index contributed by atoms with van der Waals surface area (Å²) in [5.41, 5.74) is 0.588. The lowest BCUT2D eigenvalue weighted by molar-refractivity contribution is -0.123. The van der Waals surface area contributed by atoms with Crippen LogP contribution in [0.1, 0.15) is 24.5 Å². The maximum Gasteiger partial charge on any atom is 0.405 e. The fourth-order valence-electron chi connectivity index (χ4n) is 3.58. The number of nitrogens with one attached hydrogen (secondary N) is 3. The Morgan fingerprint density at radius 1 is 1.18 bits per heavy atom. The molecule has 4 N–H and O–H groups in total. The first kappa shape index (κ1) is 27.8. The van der Waals surface area contributed by atoms with Gasteiger partial charge in [-0.05, 0) is 38.0 Å². The molecule has 0 aliphatic carbocycles. The molecule has 3 aromatic heterocycles. The lowest BCUT2D eigenvalue weighted by Gasteiger charge is -2.16. The van der Waals surface area contributed by atoms with Crippen molar-refractivity contribution in [2.24, 2.45) is 0 Å². The summed E-state index contributed by atoms with van der Waals surface area (Å²) in [6.45, 7) is 1.85. The number of aromatic amines is 1. The number of fused-ring (bicyclic) bond motifs is 1. The van der Waals surface area contributed by atoms with E-state index in [9.17, 15) is 19.2 Å². The Balaban J connectivity index is 1.77. The summed E-state index contributed by atoms with van der Waals surface area (Å²) < 4.78 is 1.36. The lowest BCUT2D eigenvalue weighted by atomic mass is 10.1. The van der Waals surface area contributed by atoms with Gasteiger partial charge in [0.1, 0.15) is 23.4 Å². The van der Waals surface area contributed by atoms with Crippen LogP contribution in [-0.2, 0) is 16.1 Å². The molecule has 3 aromatic rings. The largest absolute Gasteiger partial charge is 0.465 e. The van der Waals surface area contributed by atoms with Crippen molar-refractivity contribution in [3.05, 3.63) is 52.5 Å². The molecule has 202 valence electrons. The summed E-state index contributed by atoms with van der Waals surface area (Å²) >= 11 is 0. The molecule has 38 heavy (non-hydrogen) atoms. The molecule has 1 atom stereocenters. The van der Waals surface area contributed by atoms with Crippen LogP contribution in [-0.4, -0.2) is 86.6 Å². The third-order valence-electron chi connectivity index (χ3n) is 5.45. The highest BCUT2D eigenvalue weighted by Crippen LogP contribution is 2.20. The molecule has 0 fully saturated rings. The number of aryl methyl sites for hydroxylation is 1. The van der Waals surface area contributed by atoms with Gasteiger partial charge in [-0.25, -0.2) is 19.7 Å². The highest BCUT2D eigenvalue weighted by Gasteiger charge is 2.21. The van der Waals surface area contributed by atoms with Crippen molar-refractivity contribution in [3.63, 3.8) is 0 Å². The smallest absolute Gasteiger partial charge is 0.405 e. The fourth-order valence-corrected chi connectivity index (χ4v) is 3.58. The van der Waals surface area contributed by atoms with Crippen LogP contribution < -0.4 is 21.1 Å². The number of rotatable bonds is 10. The average molecular weight is 526 g/mol. The average Bonchev–Trinajstić information content (AvgIpc) is 3.24. The monoisotopic (exact) mass is 525 g/mol. The second-order valence-corrected chi connectivity index (χ2v) is 8.93. The van der Waals surface area contributed by atoms with Crippen LogP contribution in [0.2, 0.25) is 0 Å². The van der Waals surface area contributed by atoms with E-state index in [-0.39, 0.29) is 31.0 Å². The number of carbonyl (C=O) groups excluding carboxylic acids is 2. The van der Waals surface area contributed by atoms with E-state index in [4.69, 9.17) is 5.11 Å². The summed E-state index contributed by atoms with van der Waals surface area (Å²) in [6.07, 6.45) is 3.42. The maximum absolute atomic E-state index is 13.1. The van der Waals surface area contributed by atoms with Crippen LogP contribution in [0, 0.1) is 6.92 Å². The van der Waals surface area contributed by atoms with Crippen molar-refractivity contribution >= 4 is 40.6 Å². The number of carbonyl (C=O) groups is 3. The van der Waals surface area contributed by atoms with Crippen LogP contribution in [0.4, 0.5) is 16.3 Å². The zero-order valence-electron chi connectivity index (χ0n) is 21.8. The Bertz CT molecular complexity index is 1420. The van der Waals surface area contributed by atoms with E-state index in [0.717, 1.165) is 0 Å². The van der Waals surface area contributed by atoms with E-state index in [1.165, 1.54) is 21.6 Å². The highest BCUT2D eigenvalue weighted by atomic mass is 16.4. The Hall–Kier alpha value is -4.75. The molecule has 3 amide bonds. The van der Waals surface area contributed by atoms with Crippen molar-refractivity contribution < 1.29 is 19.5 Å². The van der Waals surface area contributed by atoms with E-state index < -0.39 is 23.6 Å². The molecule has 1 unspecified atom stereocenters. The summed E-state index contributed by atoms with van der Waals surface area (Å²) in [4.78, 5) is 68.4. The van der Waals surface area contributed by atoms with Crippen LogP contribution >= 0.6 is 0 Å². The quantitative estimate of drug-likeness (QED) is 0.280. The minimum Gasteiger partial charge on any atom is -0.465 e. The molecule has 14 nitrogen and oxygen atoms in total. The van der Waals surface area contributed by atoms with E-state index in [2.05, 4.69) is 30.6 Å². The van der Waals surface area contributed by atoms with Gasteiger partial charge >= 0.3 is 6.09 Å². The minimum atomic E-state index is -1.38. The van der Waals surface area contributed by atoms with Gasteiger partial charge in [-0.15, -0.1) is 0 Å². The number of imidazole rings is 1. The third-order valence-corrected chi connectivity index (χ3v) is 5.45. The number of hydrogen-bond donors (Lipinski definition) is 4. The lowest BCUT2D eigenvalue weighted by Crippen LogP contribution is -2.44. The molecule has 0 radical (unpaired) electrons. The van der Waals surface area contributed by atoms with E-state index in [0.29, 0.717) is 28.6 Å². The van der Waals surface area contributed by atoms with Crippen LogP contribution in [0.25, 0.3) is 11.2 Å². The van der Waals surface area contributed by atoms with E-state index in [1.807, 2.05) is 19.0 Å². The van der Waals surface area contributed by atoms with Gasteiger partial charge in [0.15, 0.2) is 17.0 Å². The molecule has 0 bridgehead atoms. The first-order chi connectivity index (χ1) is 18.0. The summed E-state index contributed by atoms with van der Waals surface area (Å²) in [7, 11) is 6.90. The summed E-state index contributed by atoms with van der Waals surface area (Å²) in [5, 5.41) is 13.8. The number of likely N-dealkylation sites (N-methyl/N-ethyl adjacent to an activating group) is 1. The first-order valence-corrected chi connectivity index (χ1v) is 11.7. The van der Waals surface area contributed by atoms with E-state index in [1.54, 1.807) is 39.4 Å². The topological polar surface area (TPSA) is 178 Å². The van der Waals surface area contributed by atoms with Crippen LogP contribution in [0.3, 0.4) is 0 Å². The third kappa shape index (κ3) is 6.93. The van der Waals surface area contributed by atoms with Crippen molar-refractivity contribution in [2.75, 3.05) is 38.4 Å². The Morgan fingerprint density at radius 3 is 2.58 bits per heavy atom. The Kier molecular flexibility index (Phi) is 8.78. The van der Waals surface area contributed by atoms with Gasteiger partial charge < -0.3 is 35.1 Å². The molecule has 3 heterocycles. The van der Waals surface area contributed by atoms with Crippen molar-refractivity contribution in [3.8, 4) is 0 Å². The van der Waals surface area contributed by atoms with Crippen molar-refractivity contribution in [1.29, 1.82) is 0 Å². The summed E-state index contributed by atoms with van der Waals surface area (Å²) in [6, 6.07) is 1.88. The molecule has 3 rings (SSSR count). The SMILES string of the molecule is Cc1nc(N(C)C)c2nc(Cn3cccc(NC(=O)C(CCC=CC(=O)N(C)C)NC(=O)O)c3=O)[nH]c2n1. The Morgan fingerprint density at radius 2 is 1.92 bits per heavy atom.